The zero-order chi connectivity index (χ0) is 92.7. The third kappa shape index (κ3) is 18.2. The first kappa shape index (κ1) is 93.1. The molecule has 33 unspecified atom stereocenters. The van der Waals surface area contributed by atoms with Gasteiger partial charge in [-0.1, -0.05) is 38.5 Å². The van der Waals surface area contributed by atoms with E-state index < -0.39 is 321 Å². The third-order valence-corrected chi connectivity index (χ3v) is 25.6. The number of carbonyl (C=O) groups is 15. The Bertz CT molecular complexity index is 4440. The topological polar surface area (TPSA) is 404 Å². The van der Waals surface area contributed by atoms with E-state index in [9.17, 15) is 151 Å². The molecular formula is C77H72F18O31. The average molecular weight is 1840 g/mol. The van der Waals surface area contributed by atoms with Crippen molar-refractivity contribution in [1.29, 1.82) is 0 Å². The SMILES string of the molecule is C=C(C(=O)OC1C2CC3C1OC(=O)C3C2C(=O)OCC(F)(F)F)C(F)(F)F.C=C(C)C(=O)OC1C2CC3C1OC(=O)C3C2C(=O)OCC(F)(F)F.C=C(C)C(=O)OC1C2OC(=O)C3C2OC1C3C(=O)OCC(F)(F)F.C=CC(=O)OC1C2CC3C1OC(=O)C3C2C(=O)OCC(F)(F)F.O=C(OC1C2CC3C1OC(=O)C3C2C(=O)OCC(F)(F)F)C1CC2C=CC1C2. The van der Waals surface area contributed by atoms with Gasteiger partial charge in [0.2, 0.25) is 0 Å². The zero-order valence-electron chi connectivity index (χ0n) is 64.9. The van der Waals surface area contributed by atoms with Crippen LogP contribution >= 0.6 is 0 Å². The summed E-state index contributed by atoms with van der Waals surface area (Å²) in [4.78, 5) is 180. The van der Waals surface area contributed by atoms with Gasteiger partial charge in [0.05, 0.1) is 53.3 Å². The van der Waals surface area contributed by atoms with Gasteiger partial charge in [-0.2, -0.15) is 79.0 Å². The molecule has 0 aromatic heterocycles. The van der Waals surface area contributed by atoms with Gasteiger partial charge in [0, 0.05) is 64.6 Å². The highest BCUT2D eigenvalue weighted by Gasteiger charge is 2.76. The van der Waals surface area contributed by atoms with Crippen molar-refractivity contribution < 1.29 is 227 Å². The zero-order valence-corrected chi connectivity index (χ0v) is 64.9. The molecule has 0 spiro atoms. The van der Waals surface area contributed by atoms with Crippen molar-refractivity contribution in [1.82, 2.24) is 0 Å². The summed E-state index contributed by atoms with van der Waals surface area (Å²) in [5.74, 6) is -28.5. The number of carbonyl (C=O) groups excluding carboxylic acids is 15. The van der Waals surface area contributed by atoms with E-state index in [4.69, 9.17) is 52.1 Å². The van der Waals surface area contributed by atoms with Gasteiger partial charge in [-0.3, -0.25) is 52.7 Å². The molecule has 33 atom stereocenters. The quantitative estimate of drug-likeness (QED) is 0.0395. The largest absolute Gasteiger partial charge is 0.458 e. The number of esters is 15. The van der Waals surface area contributed by atoms with Crippen LogP contribution in [0.15, 0.2) is 61.3 Å². The van der Waals surface area contributed by atoms with Crippen LogP contribution in [-0.4, -0.2) is 233 Å². The lowest BCUT2D eigenvalue weighted by Gasteiger charge is -2.31. The van der Waals surface area contributed by atoms with Crippen LogP contribution in [0.3, 0.4) is 0 Å². The second-order valence-corrected chi connectivity index (χ2v) is 33.2. The predicted molar refractivity (Wildman–Crippen MR) is 358 cm³/mol. The van der Waals surface area contributed by atoms with Crippen LogP contribution in [0.25, 0.3) is 0 Å². The molecule has 12 bridgehead atoms. The lowest BCUT2D eigenvalue weighted by molar-refractivity contribution is -0.193. The second kappa shape index (κ2) is 33.9. The van der Waals surface area contributed by atoms with Crippen LogP contribution in [0.5, 0.6) is 0 Å². The first-order valence-corrected chi connectivity index (χ1v) is 38.7. The van der Waals surface area contributed by atoms with Gasteiger partial charge in [0.25, 0.3) is 0 Å². The lowest BCUT2D eigenvalue weighted by atomic mass is 9.78. The molecule has 17 aliphatic rings. The highest BCUT2D eigenvalue weighted by molar-refractivity contribution is 5.93. The number of ether oxygens (including phenoxy) is 16. The van der Waals surface area contributed by atoms with Crippen molar-refractivity contribution in [3.05, 3.63) is 61.3 Å². The molecule has 31 nitrogen and oxygen atoms in total. The summed E-state index contributed by atoms with van der Waals surface area (Å²) in [5.41, 5.74) is -1.58. The van der Waals surface area contributed by atoms with Crippen LogP contribution < -0.4 is 0 Å². The summed E-state index contributed by atoms with van der Waals surface area (Å²) in [7, 11) is 0. The summed E-state index contributed by atoms with van der Waals surface area (Å²) >= 11 is 0. The summed E-state index contributed by atoms with van der Waals surface area (Å²) in [6, 6.07) is 0. The van der Waals surface area contributed by atoms with E-state index in [1.165, 1.54) is 13.8 Å². The van der Waals surface area contributed by atoms with E-state index in [0.29, 0.717) is 31.6 Å². The van der Waals surface area contributed by atoms with Gasteiger partial charge < -0.3 is 75.8 Å². The number of halogens is 18. The number of hydrogen-bond donors (Lipinski definition) is 0. The smallest absolute Gasteiger partial charge is 0.422 e. The Morgan fingerprint density at radius 1 is 0.349 bits per heavy atom. The molecule has 49 heteroatoms. The first-order valence-electron chi connectivity index (χ1n) is 38.7. The summed E-state index contributed by atoms with van der Waals surface area (Å²) in [5, 5.41) is 0. The van der Waals surface area contributed by atoms with Crippen molar-refractivity contribution in [2.24, 2.45) is 124 Å². The minimum absolute atomic E-state index is 0.0727. The predicted octanol–water partition coefficient (Wildman–Crippen LogP) is 6.86. The molecule has 7 aliphatic heterocycles. The van der Waals surface area contributed by atoms with Crippen molar-refractivity contribution in [3.63, 3.8) is 0 Å². The van der Waals surface area contributed by atoms with Crippen LogP contribution in [0.2, 0.25) is 0 Å². The normalized spacial score (nSPS) is 38.0. The number of alkyl halides is 18. The van der Waals surface area contributed by atoms with E-state index in [0.717, 1.165) is 12.5 Å². The highest BCUT2D eigenvalue weighted by Crippen LogP contribution is 2.64. The second-order valence-electron chi connectivity index (χ2n) is 33.2. The maximum atomic E-state index is 12.7. The molecule has 0 radical (unpaired) electrons. The molecule has 17 rings (SSSR count). The molecule has 0 amide bonds. The molecule has 7 saturated heterocycles. The molecule has 0 N–H and O–H groups in total. The number of fused-ring (bicyclic) bond motifs is 7. The monoisotopic (exact) mass is 1830 g/mol. The van der Waals surface area contributed by atoms with Crippen molar-refractivity contribution in [2.45, 2.75) is 163 Å². The molecule has 692 valence electrons. The molecule has 9 saturated carbocycles. The van der Waals surface area contributed by atoms with Gasteiger partial charge in [-0.25, -0.2) is 19.2 Å². The standard InChI is InChI=1S/C19H19F3O6.C15H12F6O6.C15H15F3O6.C14H13F3O7.C14H13F3O6/c20-19(21,22)6-26-17(24)12-10-5-11-13(12)18(25)28-15(11)14(10)27-16(23)9-4-7-1-2-8(9)3-7;1-4(15(19,20)21)11(22)26-9-5-2-6-8(13(24)27-10(6)9)7(5)12(23)25-3-14(16,17)18;1-5(2)12(19)23-10-6-3-7-9(14(21)24-11(7)10)8(6)13(20)22-4-15(16,17)18;1-4(2)11(18)23-9-7-5(12(19)21-3-14(15,16)17)6-8(22-7)10(9)24-13(6)20;1-2-7(18)22-10-5-3-6-9(13(20)23-11(6)10)8(5)12(19)21-4-14(15,16)17/h1-2,7-15H,3-6H2;5-10H,1-3H2;6-11H,1,3-4H2,2H3;5-10H,1,3H2,2H3;2,5-6,8-11H,1,3-4H2. The molecule has 0 aromatic rings. The van der Waals surface area contributed by atoms with Crippen LogP contribution in [0.1, 0.15) is 52.4 Å². The minimum Gasteiger partial charge on any atom is -0.458 e. The van der Waals surface area contributed by atoms with E-state index in [1.54, 1.807) is 0 Å². The lowest BCUT2D eigenvalue weighted by Crippen LogP contribution is -2.48. The third-order valence-electron chi connectivity index (χ3n) is 25.6. The van der Waals surface area contributed by atoms with E-state index >= 15 is 0 Å². The highest BCUT2D eigenvalue weighted by atomic mass is 19.4. The van der Waals surface area contributed by atoms with Gasteiger partial charge in [-0.05, 0) is 64.2 Å². The van der Waals surface area contributed by atoms with E-state index in [2.05, 4.69) is 56.1 Å². The minimum atomic E-state index is -5.05. The van der Waals surface area contributed by atoms with Gasteiger partial charge in [0.1, 0.15) is 78.4 Å². The Morgan fingerprint density at radius 2 is 0.651 bits per heavy atom. The average Bonchev–Trinajstić information content (AvgIpc) is 1.57. The fourth-order valence-electron chi connectivity index (χ4n) is 21.1. The number of hydrogen-bond acceptors (Lipinski definition) is 31. The molecular weight excluding hydrogens is 1760 g/mol. The van der Waals surface area contributed by atoms with Crippen molar-refractivity contribution >= 4 is 89.5 Å². The van der Waals surface area contributed by atoms with Gasteiger partial charge >= 0.3 is 127 Å². The van der Waals surface area contributed by atoms with Gasteiger partial charge in [-0.15, -0.1) is 0 Å². The fourth-order valence-corrected chi connectivity index (χ4v) is 21.1. The van der Waals surface area contributed by atoms with Gasteiger partial charge in [0.15, 0.2) is 45.2 Å². The molecule has 7 heterocycles. The molecule has 10 aliphatic carbocycles. The number of rotatable bonds is 20. The van der Waals surface area contributed by atoms with Crippen LogP contribution in [-0.2, 0) is 148 Å². The molecule has 126 heavy (non-hydrogen) atoms. The van der Waals surface area contributed by atoms with E-state index in [-0.39, 0.29) is 53.1 Å². The maximum Gasteiger partial charge on any atom is 0.422 e. The summed E-state index contributed by atoms with van der Waals surface area (Å²) in [6.45, 7) is 6.74. The van der Waals surface area contributed by atoms with Crippen molar-refractivity contribution in [3.8, 4) is 0 Å². The number of allylic oxidation sites excluding steroid dienone is 2. The summed E-state index contributed by atoms with van der Waals surface area (Å²) in [6.07, 6.45) is -31.5. The first-order chi connectivity index (χ1) is 58.5. The molecule has 0 aromatic carbocycles. The Morgan fingerprint density at radius 3 is 0.952 bits per heavy atom. The maximum absolute atomic E-state index is 12.7. The Labute approximate surface area is 695 Å². The van der Waals surface area contributed by atoms with Crippen LogP contribution in [0, 0.1) is 124 Å². The van der Waals surface area contributed by atoms with E-state index in [1.807, 2.05) is 6.08 Å². The molecule has 16 fully saturated rings. The fraction of sp³-hybridized carbons (Fsp3) is 0.675. The van der Waals surface area contributed by atoms with Crippen LogP contribution in [0.4, 0.5) is 79.0 Å². The van der Waals surface area contributed by atoms with Crippen molar-refractivity contribution in [2.75, 3.05) is 33.0 Å². The Kier molecular flexibility index (Phi) is 25.0. The Balaban J connectivity index is 0.000000135. The Hall–Kier alpha value is -10.6. The summed E-state index contributed by atoms with van der Waals surface area (Å²) < 4.78 is 300.